The zero-order valence-corrected chi connectivity index (χ0v) is 24.3. The number of carbonyl (C=O) groups is 3. The van der Waals surface area contributed by atoms with E-state index in [9.17, 15) is 14.4 Å². The molecule has 1 aliphatic rings. The Morgan fingerprint density at radius 3 is 2.27 bits per heavy atom. The Bertz CT molecular complexity index is 1480. The number of fused-ring (bicyclic) bond motifs is 3. The van der Waals surface area contributed by atoms with Gasteiger partial charge >= 0.3 is 11.9 Å². The Labute approximate surface area is 238 Å². The molecule has 0 saturated carbocycles. The van der Waals surface area contributed by atoms with E-state index in [1.165, 1.54) is 0 Å². The number of hydrogen-bond acceptors (Lipinski definition) is 11. The molecule has 4 rings (SSSR count). The third-order valence-corrected chi connectivity index (χ3v) is 6.23. The van der Waals surface area contributed by atoms with Crippen LogP contribution in [-0.2, 0) is 32.2 Å². The predicted octanol–water partition coefficient (Wildman–Crippen LogP) is 3.27. The lowest BCUT2D eigenvalue weighted by Gasteiger charge is -2.25. The van der Waals surface area contributed by atoms with Crippen molar-refractivity contribution in [1.29, 1.82) is 0 Å². The summed E-state index contributed by atoms with van der Waals surface area (Å²) in [6, 6.07) is 6.00. The highest BCUT2D eigenvalue weighted by atomic mass is 16.6. The van der Waals surface area contributed by atoms with E-state index in [4.69, 9.17) is 20.9 Å². The van der Waals surface area contributed by atoms with Crippen LogP contribution in [0.5, 0.6) is 0 Å². The van der Waals surface area contributed by atoms with Crippen molar-refractivity contribution in [3.63, 3.8) is 0 Å². The maximum absolute atomic E-state index is 13.1. The summed E-state index contributed by atoms with van der Waals surface area (Å²) in [5, 5.41) is 3.42. The van der Waals surface area contributed by atoms with Gasteiger partial charge in [-0.05, 0) is 83.4 Å². The number of rotatable bonds is 7. The number of nitrogens with one attached hydrogen (secondary N) is 1. The second-order valence-corrected chi connectivity index (χ2v) is 12.0. The molecular formula is C29H37N7O5. The highest BCUT2D eigenvalue weighted by molar-refractivity contribution is 5.97. The topological polar surface area (TPSA) is 176 Å². The SMILES string of the molecule is CC(C)(C)OC(=O)CC[C@H](NC(=O)c1ccc(N2Cc3cnc4nc(N)nc(N)c4c3C2)cc1)C(=O)OC(C)(C)C. The maximum Gasteiger partial charge on any atom is 0.329 e. The minimum Gasteiger partial charge on any atom is -0.460 e. The molecule has 1 aliphatic heterocycles. The molecular weight excluding hydrogens is 526 g/mol. The maximum atomic E-state index is 13.1. The van der Waals surface area contributed by atoms with Crippen LogP contribution in [0.1, 0.15) is 75.9 Å². The van der Waals surface area contributed by atoms with E-state index in [0.717, 1.165) is 16.8 Å². The number of nitrogens with zero attached hydrogens (tertiary/aromatic N) is 4. The van der Waals surface area contributed by atoms with Crippen molar-refractivity contribution in [2.45, 2.75) is 84.7 Å². The highest BCUT2D eigenvalue weighted by Crippen LogP contribution is 2.34. The summed E-state index contributed by atoms with van der Waals surface area (Å²) in [6.07, 6.45) is 1.75. The summed E-state index contributed by atoms with van der Waals surface area (Å²) in [4.78, 5) is 53.0. The first kappa shape index (κ1) is 29.5. The summed E-state index contributed by atoms with van der Waals surface area (Å²) in [7, 11) is 0. The molecule has 1 aromatic carbocycles. The van der Waals surface area contributed by atoms with E-state index >= 15 is 0 Å². The van der Waals surface area contributed by atoms with E-state index in [0.29, 0.717) is 29.7 Å². The third-order valence-electron chi connectivity index (χ3n) is 6.23. The summed E-state index contributed by atoms with van der Waals surface area (Å²) >= 11 is 0. The number of pyridine rings is 1. The Hall–Kier alpha value is -4.48. The van der Waals surface area contributed by atoms with Gasteiger partial charge in [-0.15, -0.1) is 0 Å². The van der Waals surface area contributed by atoms with Crippen LogP contribution in [0.15, 0.2) is 30.5 Å². The summed E-state index contributed by atoms with van der Waals surface area (Å²) in [6.45, 7) is 11.7. The van der Waals surface area contributed by atoms with Crippen molar-refractivity contribution in [2.24, 2.45) is 0 Å². The largest absolute Gasteiger partial charge is 0.460 e. The molecule has 218 valence electrons. The molecule has 0 fully saturated rings. The van der Waals surface area contributed by atoms with Crippen LogP contribution in [0.2, 0.25) is 0 Å². The van der Waals surface area contributed by atoms with Crippen LogP contribution < -0.4 is 21.7 Å². The number of carbonyl (C=O) groups excluding carboxylic acids is 3. The number of aromatic nitrogens is 3. The fourth-order valence-corrected chi connectivity index (χ4v) is 4.54. The number of esters is 2. The summed E-state index contributed by atoms with van der Waals surface area (Å²) < 4.78 is 10.8. The minimum atomic E-state index is -1.02. The molecule has 5 N–H and O–H groups in total. The van der Waals surface area contributed by atoms with Gasteiger partial charge in [-0.3, -0.25) is 9.59 Å². The molecule has 3 aromatic rings. The van der Waals surface area contributed by atoms with Gasteiger partial charge < -0.3 is 31.2 Å². The molecule has 0 radical (unpaired) electrons. The number of nitrogen functional groups attached to an aromatic ring is 2. The first-order chi connectivity index (χ1) is 19.1. The molecule has 3 heterocycles. The van der Waals surface area contributed by atoms with E-state index in [-0.39, 0.29) is 24.6 Å². The Morgan fingerprint density at radius 1 is 0.976 bits per heavy atom. The molecule has 0 bridgehead atoms. The molecule has 1 atom stereocenters. The standard InChI is InChI=1S/C29H37N7O5/c1-28(2,3)40-21(37)12-11-20(26(39)41-29(4,5)6)33-25(38)16-7-9-18(10-8-16)36-14-17-13-32-24-22(19(17)15-36)23(30)34-27(31)35-24/h7-10,13,20H,11-12,14-15H2,1-6H3,(H,33,38)(H4,30,31,32,34,35)/t20-/m0/s1. The van der Waals surface area contributed by atoms with Crippen LogP contribution in [0.4, 0.5) is 17.5 Å². The van der Waals surface area contributed by atoms with Crippen LogP contribution in [0, 0.1) is 0 Å². The Balaban J connectivity index is 1.46. The third kappa shape index (κ3) is 7.38. The van der Waals surface area contributed by atoms with Crippen molar-refractivity contribution in [1.82, 2.24) is 20.3 Å². The second kappa shape index (κ2) is 11.2. The number of hydrogen-bond donors (Lipinski definition) is 3. The molecule has 0 saturated heterocycles. The molecule has 12 heteroatoms. The van der Waals surface area contributed by atoms with Crippen molar-refractivity contribution in [3.8, 4) is 0 Å². The predicted molar refractivity (Wildman–Crippen MR) is 155 cm³/mol. The molecule has 0 aliphatic carbocycles. The van der Waals surface area contributed by atoms with E-state index < -0.39 is 35.1 Å². The number of nitrogens with two attached hydrogens (primary N) is 2. The molecule has 12 nitrogen and oxygen atoms in total. The fraction of sp³-hybridized carbons (Fsp3) is 0.448. The molecule has 41 heavy (non-hydrogen) atoms. The van der Waals surface area contributed by atoms with Crippen molar-refractivity contribution in [2.75, 3.05) is 16.4 Å². The quantitative estimate of drug-likeness (QED) is 0.360. The van der Waals surface area contributed by atoms with Gasteiger partial charge in [0.25, 0.3) is 5.91 Å². The Kier molecular flexibility index (Phi) is 8.05. The van der Waals surface area contributed by atoms with Crippen LogP contribution in [0.25, 0.3) is 11.0 Å². The van der Waals surface area contributed by atoms with Gasteiger partial charge in [-0.1, -0.05) is 0 Å². The van der Waals surface area contributed by atoms with Gasteiger partial charge in [0.1, 0.15) is 23.1 Å². The Morgan fingerprint density at radius 2 is 1.63 bits per heavy atom. The first-order valence-electron chi connectivity index (χ1n) is 13.4. The lowest BCUT2D eigenvalue weighted by Crippen LogP contribution is -2.44. The minimum absolute atomic E-state index is 0.0418. The van der Waals surface area contributed by atoms with Crippen molar-refractivity contribution in [3.05, 3.63) is 47.2 Å². The van der Waals surface area contributed by atoms with Gasteiger partial charge in [0.15, 0.2) is 5.65 Å². The smallest absolute Gasteiger partial charge is 0.329 e. The van der Waals surface area contributed by atoms with E-state index in [1.807, 2.05) is 12.1 Å². The first-order valence-corrected chi connectivity index (χ1v) is 13.4. The van der Waals surface area contributed by atoms with Gasteiger partial charge in [0, 0.05) is 37.0 Å². The molecule has 0 spiro atoms. The van der Waals surface area contributed by atoms with Crippen molar-refractivity contribution < 1.29 is 23.9 Å². The number of benzene rings is 1. The second-order valence-electron chi connectivity index (χ2n) is 12.0. The average Bonchev–Trinajstić information content (AvgIpc) is 3.28. The lowest BCUT2D eigenvalue weighted by atomic mass is 10.1. The summed E-state index contributed by atoms with van der Waals surface area (Å²) in [5.74, 6) is -1.18. The van der Waals surface area contributed by atoms with Crippen LogP contribution >= 0.6 is 0 Å². The monoisotopic (exact) mass is 563 g/mol. The lowest BCUT2D eigenvalue weighted by molar-refractivity contribution is -0.158. The van der Waals surface area contributed by atoms with Gasteiger partial charge in [0.05, 0.1) is 5.39 Å². The zero-order chi connectivity index (χ0) is 30.1. The van der Waals surface area contributed by atoms with Crippen molar-refractivity contribution >= 4 is 46.3 Å². The number of amides is 1. The van der Waals surface area contributed by atoms with E-state index in [2.05, 4.69) is 25.2 Å². The molecule has 2 aromatic heterocycles. The normalized spacial score (nSPS) is 14.0. The van der Waals surface area contributed by atoms with E-state index in [1.54, 1.807) is 59.9 Å². The fourth-order valence-electron chi connectivity index (χ4n) is 4.54. The van der Waals surface area contributed by atoms with Gasteiger partial charge in [-0.25, -0.2) is 9.78 Å². The van der Waals surface area contributed by atoms with Gasteiger partial charge in [0.2, 0.25) is 5.95 Å². The zero-order valence-electron chi connectivity index (χ0n) is 24.3. The molecule has 1 amide bonds. The summed E-state index contributed by atoms with van der Waals surface area (Å²) in [5.41, 5.74) is 14.1. The number of ether oxygens (including phenoxy) is 2. The average molecular weight is 564 g/mol. The van der Waals surface area contributed by atoms with Crippen LogP contribution in [0.3, 0.4) is 0 Å². The highest BCUT2D eigenvalue weighted by Gasteiger charge is 2.29. The van der Waals surface area contributed by atoms with Gasteiger partial charge in [-0.2, -0.15) is 9.97 Å². The number of anilines is 3. The molecule has 0 unspecified atom stereocenters. The van der Waals surface area contributed by atoms with Crippen LogP contribution in [-0.4, -0.2) is 50.0 Å².